The first-order valence-electron chi connectivity index (χ1n) is 5.28. The van der Waals surface area contributed by atoms with Crippen LogP contribution in [0.3, 0.4) is 0 Å². The lowest BCUT2D eigenvalue weighted by Crippen LogP contribution is -2.53. The number of ether oxygens (including phenoxy) is 1. The van der Waals surface area contributed by atoms with Crippen LogP contribution in [0.25, 0.3) is 0 Å². The van der Waals surface area contributed by atoms with Crippen molar-refractivity contribution in [3.8, 4) is 0 Å². The number of nitrogens with zero attached hydrogens (tertiary/aromatic N) is 1. The second-order valence-electron chi connectivity index (χ2n) is 3.66. The van der Waals surface area contributed by atoms with Crippen molar-refractivity contribution in [1.82, 2.24) is 10.2 Å². The Hall–Kier alpha value is -0.610. The number of methoxy groups -OCH3 is 1. The number of carbonyl (C=O) groups excluding carboxylic acids is 1. The van der Waals surface area contributed by atoms with Gasteiger partial charge in [-0.15, -0.1) is 0 Å². The van der Waals surface area contributed by atoms with E-state index >= 15 is 0 Å². The molecule has 1 amide bonds. The molecule has 0 aliphatic carbocycles. The van der Waals surface area contributed by atoms with Gasteiger partial charge in [0, 0.05) is 20.2 Å². The summed E-state index contributed by atoms with van der Waals surface area (Å²) < 4.78 is 5.14. The SMILES string of the molecule is CCCC(COC)N1CCNCC1=O. The van der Waals surface area contributed by atoms with Crippen LogP contribution in [0.4, 0.5) is 0 Å². The Morgan fingerprint density at radius 2 is 2.43 bits per heavy atom. The minimum Gasteiger partial charge on any atom is -0.383 e. The molecular weight excluding hydrogens is 180 g/mol. The lowest BCUT2D eigenvalue weighted by Gasteiger charge is -2.34. The second kappa shape index (κ2) is 5.98. The Labute approximate surface area is 85.6 Å². The number of carbonyl (C=O) groups is 1. The number of hydrogen-bond donors (Lipinski definition) is 1. The van der Waals surface area contributed by atoms with Gasteiger partial charge in [0.05, 0.1) is 19.2 Å². The summed E-state index contributed by atoms with van der Waals surface area (Å²) in [5.41, 5.74) is 0. The van der Waals surface area contributed by atoms with Crippen LogP contribution < -0.4 is 5.32 Å². The van der Waals surface area contributed by atoms with E-state index < -0.39 is 0 Å². The van der Waals surface area contributed by atoms with Gasteiger partial charge in [-0.25, -0.2) is 0 Å². The lowest BCUT2D eigenvalue weighted by atomic mass is 10.1. The maximum atomic E-state index is 11.6. The van der Waals surface area contributed by atoms with Crippen LogP contribution in [-0.4, -0.2) is 50.2 Å². The molecule has 4 nitrogen and oxygen atoms in total. The van der Waals surface area contributed by atoms with E-state index in [2.05, 4.69) is 12.2 Å². The third-order valence-corrected chi connectivity index (χ3v) is 2.55. The zero-order valence-electron chi connectivity index (χ0n) is 9.08. The van der Waals surface area contributed by atoms with E-state index in [0.717, 1.165) is 25.9 Å². The van der Waals surface area contributed by atoms with E-state index in [4.69, 9.17) is 4.74 Å². The summed E-state index contributed by atoms with van der Waals surface area (Å²) in [5, 5.41) is 3.07. The molecule has 0 spiro atoms. The van der Waals surface area contributed by atoms with Crippen LogP contribution in [0.2, 0.25) is 0 Å². The van der Waals surface area contributed by atoms with Crippen molar-refractivity contribution in [2.24, 2.45) is 0 Å². The van der Waals surface area contributed by atoms with Crippen LogP contribution in [0.1, 0.15) is 19.8 Å². The van der Waals surface area contributed by atoms with E-state index in [1.165, 1.54) is 0 Å². The molecule has 0 aromatic rings. The minimum absolute atomic E-state index is 0.201. The summed E-state index contributed by atoms with van der Waals surface area (Å²) >= 11 is 0. The van der Waals surface area contributed by atoms with Gasteiger partial charge >= 0.3 is 0 Å². The van der Waals surface area contributed by atoms with Gasteiger partial charge in [0.2, 0.25) is 5.91 Å². The van der Waals surface area contributed by atoms with Gasteiger partial charge in [-0.05, 0) is 6.42 Å². The Balaban J connectivity index is 2.50. The summed E-state index contributed by atoms with van der Waals surface area (Å²) in [4.78, 5) is 13.5. The fraction of sp³-hybridized carbons (Fsp3) is 0.900. The highest BCUT2D eigenvalue weighted by Crippen LogP contribution is 2.09. The molecule has 0 saturated carbocycles. The molecule has 82 valence electrons. The van der Waals surface area contributed by atoms with Crippen molar-refractivity contribution in [1.29, 1.82) is 0 Å². The maximum absolute atomic E-state index is 11.6. The van der Waals surface area contributed by atoms with E-state index in [1.807, 2.05) is 4.90 Å². The van der Waals surface area contributed by atoms with Crippen molar-refractivity contribution in [3.05, 3.63) is 0 Å². The van der Waals surface area contributed by atoms with Crippen molar-refractivity contribution in [3.63, 3.8) is 0 Å². The molecule has 1 unspecified atom stereocenters. The van der Waals surface area contributed by atoms with Gasteiger partial charge < -0.3 is 15.0 Å². The fourth-order valence-electron chi connectivity index (χ4n) is 1.86. The first kappa shape index (κ1) is 11.5. The molecule has 1 saturated heterocycles. The summed E-state index contributed by atoms with van der Waals surface area (Å²) in [6.07, 6.45) is 2.12. The van der Waals surface area contributed by atoms with Crippen LogP contribution in [-0.2, 0) is 9.53 Å². The lowest BCUT2D eigenvalue weighted by molar-refractivity contribution is -0.135. The summed E-state index contributed by atoms with van der Waals surface area (Å²) in [6, 6.07) is 0.264. The zero-order valence-corrected chi connectivity index (χ0v) is 9.08. The highest BCUT2D eigenvalue weighted by molar-refractivity contribution is 5.79. The maximum Gasteiger partial charge on any atom is 0.236 e. The highest BCUT2D eigenvalue weighted by atomic mass is 16.5. The van der Waals surface area contributed by atoms with E-state index in [-0.39, 0.29) is 11.9 Å². The van der Waals surface area contributed by atoms with Crippen molar-refractivity contribution in [2.45, 2.75) is 25.8 Å². The standard InChI is InChI=1S/C10H20N2O2/c1-3-4-9(8-14-2)12-6-5-11-7-10(12)13/h9,11H,3-8H2,1-2H3. The van der Waals surface area contributed by atoms with E-state index in [1.54, 1.807) is 7.11 Å². The van der Waals surface area contributed by atoms with Gasteiger partial charge in [0.1, 0.15) is 0 Å². The summed E-state index contributed by atoms with van der Waals surface area (Å²) in [5.74, 6) is 0.201. The normalized spacial score (nSPS) is 19.9. The largest absolute Gasteiger partial charge is 0.383 e. The van der Waals surface area contributed by atoms with Crippen molar-refractivity contribution < 1.29 is 9.53 Å². The van der Waals surface area contributed by atoms with Gasteiger partial charge in [0.25, 0.3) is 0 Å². The second-order valence-corrected chi connectivity index (χ2v) is 3.66. The molecule has 0 aromatic heterocycles. The molecule has 1 N–H and O–H groups in total. The Bertz CT molecular complexity index is 179. The molecule has 0 bridgehead atoms. The number of hydrogen-bond acceptors (Lipinski definition) is 3. The molecule has 0 radical (unpaired) electrons. The number of amides is 1. The Kier molecular flexibility index (Phi) is 4.90. The average Bonchev–Trinajstić information content (AvgIpc) is 2.18. The predicted octanol–water partition coefficient (Wildman–Crippen LogP) is 0.233. The predicted molar refractivity (Wildman–Crippen MR) is 55.2 cm³/mol. The van der Waals surface area contributed by atoms with Crippen LogP contribution in [0.5, 0.6) is 0 Å². The first-order valence-corrected chi connectivity index (χ1v) is 5.28. The third-order valence-electron chi connectivity index (χ3n) is 2.55. The van der Waals surface area contributed by atoms with Gasteiger partial charge in [0.15, 0.2) is 0 Å². The van der Waals surface area contributed by atoms with Crippen molar-refractivity contribution in [2.75, 3.05) is 33.4 Å². The highest BCUT2D eigenvalue weighted by Gasteiger charge is 2.24. The van der Waals surface area contributed by atoms with E-state index in [0.29, 0.717) is 13.2 Å². The molecule has 4 heteroatoms. The topological polar surface area (TPSA) is 41.6 Å². The first-order chi connectivity index (χ1) is 6.79. The molecular formula is C10H20N2O2. The number of piperazine rings is 1. The van der Waals surface area contributed by atoms with Crippen LogP contribution in [0, 0.1) is 0 Å². The smallest absolute Gasteiger partial charge is 0.236 e. The van der Waals surface area contributed by atoms with Gasteiger partial charge in [-0.3, -0.25) is 4.79 Å². The van der Waals surface area contributed by atoms with E-state index in [9.17, 15) is 4.79 Å². The third kappa shape index (κ3) is 2.96. The van der Waals surface area contributed by atoms with Crippen molar-refractivity contribution >= 4 is 5.91 Å². The van der Waals surface area contributed by atoms with Crippen LogP contribution >= 0.6 is 0 Å². The number of nitrogens with one attached hydrogen (secondary N) is 1. The number of rotatable bonds is 5. The van der Waals surface area contributed by atoms with Crippen LogP contribution in [0.15, 0.2) is 0 Å². The van der Waals surface area contributed by atoms with Gasteiger partial charge in [-0.1, -0.05) is 13.3 Å². The average molecular weight is 200 g/mol. The fourth-order valence-corrected chi connectivity index (χ4v) is 1.86. The molecule has 1 rings (SSSR count). The molecule has 1 aliphatic heterocycles. The molecule has 0 aromatic carbocycles. The summed E-state index contributed by atoms with van der Waals surface area (Å²) in [6.45, 7) is 4.97. The molecule has 1 atom stereocenters. The Morgan fingerprint density at radius 3 is 3.00 bits per heavy atom. The molecule has 1 heterocycles. The minimum atomic E-state index is 0.201. The monoisotopic (exact) mass is 200 g/mol. The molecule has 1 fully saturated rings. The Morgan fingerprint density at radius 1 is 1.64 bits per heavy atom. The molecule has 14 heavy (non-hydrogen) atoms. The zero-order chi connectivity index (χ0) is 10.4. The summed E-state index contributed by atoms with van der Waals surface area (Å²) in [7, 11) is 1.69. The van der Waals surface area contributed by atoms with Gasteiger partial charge in [-0.2, -0.15) is 0 Å². The quantitative estimate of drug-likeness (QED) is 0.691. The molecule has 1 aliphatic rings.